The molecule has 0 aliphatic heterocycles. The molecule has 0 radical (unpaired) electrons. The maximum absolute atomic E-state index is 11.9. The van der Waals surface area contributed by atoms with Gasteiger partial charge in [0, 0.05) is 17.3 Å². The summed E-state index contributed by atoms with van der Waals surface area (Å²) >= 11 is 0. The minimum Gasteiger partial charge on any atom is -0.327 e. The van der Waals surface area contributed by atoms with E-state index in [2.05, 4.69) is 5.32 Å². The van der Waals surface area contributed by atoms with E-state index < -0.39 is 0 Å². The van der Waals surface area contributed by atoms with Gasteiger partial charge in [-0.25, -0.2) is 0 Å². The largest absolute Gasteiger partial charge is 0.327 e. The van der Waals surface area contributed by atoms with Crippen LogP contribution in [0, 0.1) is 0 Å². The van der Waals surface area contributed by atoms with Crippen molar-refractivity contribution in [3.05, 3.63) is 42.0 Å². The molecule has 1 unspecified atom stereocenters. The molecule has 1 aliphatic rings. The molecule has 3 heteroatoms. The highest BCUT2D eigenvalue weighted by molar-refractivity contribution is 6.03. The zero-order valence-corrected chi connectivity index (χ0v) is 9.15. The van der Waals surface area contributed by atoms with Crippen LogP contribution in [0.3, 0.4) is 0 Å². The quantitative estimate of drug-likeness (QED) is 0.795. The summed E-state index contributed by atoms with van der Waals surface area (Å²) in [6.45, 7) is 0. The Balaban J connectivity index is 2.01. The maximum atomic E-state index is 11.9. The molecule has 1 aromatic carbocycles. The van der Waals surface area contributed by atoms with Crippen molar-refractivity contribution in [2.45, 2.75) is 25.3 Å². The number of amides is 1. The fourth-order valence-corrected chi connectivity index (χ4v) is 1.86. The zero-order chi connectivity index (χ0) is 11.4. The first-order valence-corrected chi connectivity index (χ1v) is 5.57. The second-order valence-electron chi connectivity index (χ2n) is 4.09. The van der Waals surface area contributed by atoms with E-state index in [-0.39, 0.29) is 11.9 Å². The van der Waals surface area contributed by atoms with Crippen LogP contribution >= 0.6 is 0 Å². The zero-order valence-electron chi connectivity index (χ0n) is 9.15. The van der Waals surface area contributed by atoms with Crippen molar-refractivity contribution in [3.63, 3.8) is 0 Å². The molecule has 1 atom stereocenters. The summed E-state index contributed by atoms with van der Waals surface area (Å²) in [6, 6.07) is 9.60. The molecule has 1 aromatic rings. The summed E-state index contributed by atoms with van der Waals surface area (Å²) in [5, 5.41) is 2.87. The highest BCUT2D eigenvalue weighted by Crippen LogP contribution is 2.18. The SMILES string of the molecule is NC1CCC=C(C(=O)Nc2ccccc2)C1. The lowest BCUT2D eigenvalue weighted by atomic mass is 9.95. The van der Waals surface area contributed by atoms with Crippen molar-refractivity contribution < 1.29 is 4.79 Å². The molecule has 0 saturated carbocycles. The molecule has 16 heavy (non-hydrogen) atoms. The highest BCUT2D eigenvalue weighted by Gasteiger charge is 2.17. The minimum absolute atomic E-state index is 0.0265. The predicted octanol–water partition coefficient (Wildman–Crippen LogP) is 2.06. The second-order valence-corrected chi connectivity index (χ2v) is 4.09. The number of allylic oxidation sites excluding steroid dienone is 1. The Labute approximate surface area is 95.3 Å². The number of anilines is 1. The minimum atomic E-state index is -0.0265. The predicted molar refractivity (Wildman–Crippen MR) is 65.0 cm³/mol. The number of carbonyl (C=O) groups is 1. The third kappa shape index (κ3) is 2.70. The van der Waals surface area contributed by atoms with Crippen molar-refractivity contribution in [1.29, 1.82) is 0 Å². The highest BCUT2D eigenvalue weighted by atomic mass is 16.1. The van der Waals surface area contributed by atoms with Gasteiger partial charge in [-0.2, -0.15) is 0 Å². The van der Waals surface area contributed by atoms with Gasteiger partial charge in [0.25, 0.3) is 5.91 Å². The molecule has 3 nitrogen and oxygen atoms in total. The van der Waals surface area contributed by atoms with Crippen LogP contribution in [0.5, 0.6) is 0 Å². The molecular formula is C13H16N2O. The van der Waals surface area contributed by atoms with Crippen LogP contribution in [-0.4, -0.2) is 11.9 Å². The van der Waals surface area contributed by atoms with Crippen LogP contribution < -0.4 is 11.1 Å². The van der Waals surface area contributed by atoms with E-state index in [9.17, 15) is 4.79 Å². The van der Waals surface area contributed by atoms with Crippen LogP contribution in [0.2, 0.25) is 0 Å². The summed E-state index contributed by atoms with van der Waals surface area (Å²) in [7, 11) is 0. The Morgan fingerprint density at radius 2 is 2.06 bits per heavy atom. The number of hydrogen-bond acceptors (Lipinski definition) is 2. The summed E-state index contributed by atoms with van der Waals surface area (Å²) < 4.78 is 0. The lowest BCUT2D eigenvalue weighted by Gasteiger charge is -2.18. The van der Waals surface area contributed by atoms with Gasteiger partial charge in [-0.15, -0.1) is 0 Å². The summed E-state index contributed by atoms with van der Waals surface area (Å²) in [4.78, 5) is 11.9. The molecular weight excluding hydrogens is 200 g/mol. The number of hydrogen-bond donors (Lipinski definition) is 2. The van der Waals surface area contributed by atoms with E-state index in [0.29, 0.717) is 6.42 Å². The molecule has 84 valence electrons. The van der Waals surface area contributed by atoms with Crippen LogP contribution in [0.25, 0.3) is 0 Å². The van der Waals surface area contributed by atoms with Crippen LogP contribution in [0.15, 0.2) is 42.0 Å². The van der Waals surface area contributed by atoms with E-state index in [1.807, 2.05) is 36.4 Å². The first-order chi connectivity index (χ1) is 7.75. The third-order valence-electron chi connectivity index (χ3n) is 2.73. The fraction of sp³-hybridized carbons (Fsp3) is 0.308. The van der Waals surface area contributed by atoms with Gasteiger partial charge in [-0.1, -0.05) is 24.3 Å². The number of carbonyl (C=O) groups excluding carboxylic acids is 1. The smallest absolute Gasteiger partial charge is 0.251 e. The number of benzene rings is 1. The average molecular weight is 216 g/mol. The van der Waals surface area contributed by atoms with Crippen molar-refractivity contribution in [2.24, 2.45) is 5.73 Å². The summed E-state index contributed by atoms with van der Waals surface area (Å²) in [5.41, 5.74) is 7.47. The Kier molecular flexibility index (Phi) is 3.37. The monoisotopic (exact) mass is 216 g/mol. The van der Waals surface area contributed by atoms with E-state index in [1.165, 1.54) is 0 Å². The van der Waals surface area contributed by atoms with Gasteiger partial charge in [0.15, 0.2) is 0 Å². The fourth-order valence-electron chi connectivity index (χ4n) is 1.86. The Bertz CT molecular complexity index is 398. The lowest BCUT2D eigenvalue weighted by Crippen LogP contribution is -2.27. The third-order valence-corrected chi connectivity index (χ3v) is 2.73. The first-order valence-electron chi connectivity index (χ1n) is 5.57. The molecule has 0 bridgehead atoms. The van der Waals surface area contributed by atoms with Gasteiger partial charge < -0.3 is 11.1 Å². The van der Waals surface area contributed by atoms with Gasteiger partial charge in [0.2, 0.25) is 0 Å². The molecule has 0 saturated heterocycles. The molecule has 1 aliphatic carbocycles. The van der Waals surface area contributed by atoms with E-state index in [4.69, 9.17) is 5.73 Å². The molecule has 0 spiro atoms. The summed E-state index contributed by atoms with van der Waals surface area (Å²) in [6.07, 6.45) is 4.54. The van der Waals surface area contributed by atoms with Crippen molar-refractivity contribution in [3.8, 4) is 0 Å². The lowest BCUT2D eigenvalue weighted by molar-refractivity contribution is -0.113. The molecule has 2 rings (SSSR count). The standard InChI is InChI=1S/C13H16N2O/c14-11-6-4-5-10(9-11)13(16)15-12-7-2-1-3-8-12/h1-3,5,7-8,11H,4,6,9,14H2,(H,15,16). The molecule has 3 N–H and O–H groups in total. The van der Waals surface area contributed by atoms with Gasteiger partial charge >= 0.3 is 0 Å². The van der Waals surface area contributed by atoms with Crippen LogP contribution in [0.1, 0.15) is 19.3 Å². The Morgan fingerprint density at radius 1 is 1.31 bits per heavy atom. The Morgan fingerprint density at radius 3 is 2.75 bits per heavy atom. The van der Waals surface area contributed by atoms with Crippen molar-refractivity contribution in [2.75, 3.05) is 5.32 Å². The van der Waals surface area contributed by atoms with Crippen LogP contribution in [0.4, 0.5) is 5.69 Å². The van der Waals surface area contributed by atoms with Gasteiger partial charge in [-0.3, -0.25) is 4.79 Å². The second kappa shape index (κ2) is 4.94. The molecule has 1 amide bonds. The van der Waals surface area contributed by atoms with Crippen LogP contribution in [-0.2, 0) is 4.79 Å². The van der Waals surface area contributed by atoms with E-state index >= 15 is 0 Å². The van der Waals surface area contributed by atoms with Gasteiger partial charge in [-0.05, 0) is 31.4 Å². The van der Waals surface area contributed by atoms with Gasteiger partial charge in [0.1, 0.15) is 0 Å². The average Bonchev–Trinajstić information content (AvgIpc) is 2.30. The molecule has 0 fully saturated rings. The first kappa shape index (κ1) is 10.9. The topological polar surface area (TPSA) is 55.1 Å². The number of rotatable bonds is 2. The molecule has 0 heterocycles. The summed E-state index contributed by atoms with van der Waals surface area (Å²) in [5.74, 6) is -0.0265. The van der Waals surface area contributed by atoms with Crippen molar-refractivity contribution >= 4 is 11.6 Å². The number of nitrogens with one attached hydrogen (secondary N) is 1. The van der Waals surface area contributed by atoms with Gasteiger partial charge in [0.05, 0.1) is 0 Å². The van der Waals surface area contributed by atoms with E-state index in [0.717, 1.165) is 24.1 Å². The number of nitrogens with two attached hydrogens (primary N) is 1. The van der Waals surface area contributed by atoms with E-state index in [1.54, 1.807) is 0 Å². The maximum Gasteiger partial charge on any atom is 0.251 e. The number of para-hydroxylation sites is 1. The molecule has 0 aromatic heterocycles. The van der Waals surface area contributed by atoms with Crippen molar-refractivity contribution in [1.82, 2.24) is 0 Å². The Hall–Kier alpha value is -1.61. The normalized spacial score (nSPS) is 20.1.